The zero-order valence-corrected chi connectivity index (χ0v) is 35.1. The van der Waals surface area contributed by atoms with E-state index in [-0.39, 0.29) is 21.7 Å². The van der Waals surface area contributed by atoms with E-state index < -0.39 is 0 Å². The van der Waals surface area contributed by atoms with E-state index in [0.717, 1.165) is 4.90 Å². The van der Waals surface area contributed by atoms with Gasteiger partial charge in [-0.25, -0.2) is 0 Å². The summed E-state index contributed by atoms with van der Waals surface area (Å²) < 4.78 is 0. The molecule has 2 aliphatic carbocycles. The Bertz CT molecular complexity index is 2520. The molecule has 0 bridgehead atoms. The zero-order chi connectivity index (χ0) is 39.1. The molecule has 0 nitrogen and oxygen atoms in total. The third kappa shape index (κ3) is 5.98. The number of rotatable bonds is 0. The average molecular weight is 735 g/mol. The van der Waals surface area contributed by atoms with Crippen LogP contribution < -0.4 is 0 Å². The van der Waals surface area contributed by atoms with Gasteiger partial charge in [0.25, 0.3) is 0 Å². The lowest BCUT2D eigenvalue weighted by Gasteiger charge is -2.31. The van der Waals surface area contributed by atoms with Crippen LogP contribution in [0.3, 0.4) is 0 Å². The van der Waals surface area contributed by atoms with Crippen molar-refractivity contribution in [2.24, 2.45) is 0 Å². The number of thiol groups is 1. The van der Waals surface area contributed by atoms with Gasteiger partial charge in [-0.3, -0.25) is 0 Å². The van der Waals surface area contributed by atoms with Gasteiger partial charge in [0.2, 0.25) is 0 Å². The van der Waals surface area contributed by atoms with Crippen LogP contribution in [0.4, 0.5) is 0 Å². The van der Waals surface area contributed by atoms with E-state index in [9.17, 15) is 0 Å². The third-order valence-electron chi connectivity index (χ3n) is 12.2. The Morgan fingerprint density at radius 2 is 0.709 bits per heavy atom. The first-order valence-electron chi connectivity index (χ1n) is 19.8. The molecule has 10 rings (SSSR count). The third-order valence-corrected chi connectivity index (χ3v) is 12.5. The van der Waals surface area contributed by atoms with Crippen LogP contribution in [-0.4, -0.2) is 0 Å². The lowest BCUT2D eigenvalue weighted by Crippen LogP contribution is -2.18. The minimum atomic E-state index is -0.0900. The maximum atomic E-state index is 4.08. The summed E-state index contributed by atoms with van der Waals surface area (Å²) in [4.78, 5) is 1.02. The number of hydrogen-bond donors (Lipinski definition) is 1. The van der Waals surface area contributed by atoms with Crippen molar-refractivity contribution in [3.8, 4) is 22.3 Å². The zero-order valence-electron chi connectivity index (χ0n) is 34.2. The molecule has 0 aliphatic heterocycles. The first-order chi connectivity index (χ1) is 26.0. The fraction of sp³-hybridized carbons (Fsp3) is 0.259. The van der Waals surface area contributed by atoms with Gasteiger partial charge in [0.15, 0.2) is 0 Å². The largest absolute Gasteiger partial charge is 0.143 e. The Kier molecular flexibility index (Phi) is 8.86. The summed E-state index contributed by atoms with van der Waals surface area (Å²) in [7, 11) is 0. The van der Waals surface area contributed by atoms with Gasteiger partial charge in [0, 0.05) is 15.7 Å². The lowest BCUT2D eigenvalue weighted by molar-refractivity contribution is 0.591. The Morgan fingerprint density at radius 3 is 1.04 bits per heavy atom. The Labute approximate surface area is 334 Å². The smallest absolute Gasteiger partial charge is 0.0165 e. The van der Waals surface area contributed by atoms with Crippen LogP contribution in [-0.2, 0) is 21.7 Å². The highest BCUT2D eigenvalue weighted by Gasteiger charge is 2.43. The molecule has 2 aliphatic rings. The predicted molar refractivity (Wildman–Crippen MR) is 243 cm³/mol. The summed E-state index contributed by atoms with van der Waals surface area (Å²) in [5.41, 5.74) is 14.4. The van der Waals surface area contributed by atoms with Crippen molar-refractivity contribution in [1.82, 2.24) is 0 Å². The molecule has 0 unspecified atom stereocenters. The van der Waals surface area contributed by atoms with Gasteiger partial charge in [-0.1, -0.05) is 184 Å². The van der Waals surface area contributed by atoms with Crippen LogP contribution in [0.5, 0.6) is 0 Å². The molecule has 276 valence electrons. The molecule has 55 heavy (non-hydrogen) atoms. The van der Waals surface area contributed by atoms with E-state index in [1.54, 1.807) is 0 Å². The van der Waals surface area contributed by atoms with Crippen LogP contribution in [0.2, 0.25) is 0 Å². The van der Waals surface area contributed by atoms with Gasteiger partial charge in [-0.2, -0.15) is 0 Å². The molecule has 0 amide bonds. The molecule has 8 aromatic carbocycles. The van der Waals surface area contributed by atoms with Crippen molar-refractivity contribution in [1.29, 1.82) is 0 Å². The fourth-order valence-electron chi connectivity index (χ4n) is 9.45. The molecule has 0 spiro atoms. The predicted octanol–water partition coefficient (Wildman–Crippen LogP) is 15.5. The lowest BCUT2D eigenvalue weighted by atomic mass is 9.72. The van der Waals surface area contributed by atoms with E-state index in [1.807, 2.05) is 66.7 Å². The minimum absolute atomic E-state index is 0.0346. The van der Waals surface area contributed by atoms with Gasteiger partial charge in [-0.05, 0) is 123 Å². The Morgan fingerprint density at radius 1 is 0.400 bits per heavy atom. The normalized spacial score (nSPS) is 14.7. The molecule has 0 saturated heterocycles. The molecule has 0 N–H and O–H groups in total. The summed E-state index contributed by atoms with van der Waals surface area (Å²) in [6.45, 7) is 24.0. The monoisotopic (exact) mass is 734 g/mol. The molecule has 0 saturated carbocycles. The highest BCUT2D eigenvalue weighted by Crippen LogP contribution is 2.61. The summed E-state index contributed by atoms with van der Waals surface area (Å²) in [5.74, 6) is 0. The van der Waals surface area contributed by atoms with Gasteiger partial charge in [0.1, 0.15) is 0 Å². The maximum Gasteiger partial charge on any atom is 0.0165 e. The second-order valence-corrected chi connectivity index (χ2v) is 19.2. The van der Waals surface area contributed by atoms with E-state index >= 15 is 0 Å². The molecule has 0 aromatic heterocycles. The molecule has 0 radical (unpaired) electrons. The quantitative estimate of drug-likeness (QED) is 0.116. The van der Waals surface area contributed by atoms with Crippen molar-refractivity contribution < 1.29 is 0 Å². The number of hydrogen-bond acceptors (Lipinski definition) is 1. The van der Waals surface area contributed by atoms with Crippen molar-refractivity contribution in [2.75, 3.05) is 0 Å². The SMILES string of the molecule is CC(C)(C)c1cc2c3c(c4cc(C(C)(C)C)cc5c6c(c(c1)c2c54)C(C)(C)c1ccccc1-6)C(C)(C)c1ccccc1-3.Sc1ccccc1.c1ccccc1. The summed E-state index contributed by atoms with van der Waals surface area (Å²) in [6.07, 6.45) is 0. The van der Waals surface area contributed by atoms with Crippen molar-refractivity contribution in [3.63, 3.8) is 0 Å². The molecule has 0 atom stereocenters. The second-order valence-electron chi connectivity index (χ2n) is 18.7. The molecule has 0 heterocycles. The molecular weight excluding hydrogens is 681 g/mol. The van der Waals surface area contributed by atoms with Gasteiger partial charge in [-0.15, -0.1) is 12.6 Å². The fourth-order valence-corrected chi connectivity index (χ4v) is 9.62. The van der Waals surface area contributed by atoms with E-state index in [2.05, 4.69) is 155 Å². The van der Waals surface area contributed by atoms with Crippen molar-refractivity contribution >= 4 is 44.9 Å². The van der Waals surface area contributed by atoms with Crippen LogP contribution in [0.1, 0.15) is 103 Å². The van der Waals surface area contributed by atoms with Gasteiger partial charge < -0.3 is 0 Å². The van der Waals surface area contributed by atoms with Crippen LogP contribution >= 0.6 is 12.6 Å². The van der Waals surface area contributed by atoms with Crippen LogP contribution in [0.15, 0.2) is 144 Å². The van der Waals surface area contributed by atoms with Crippen molar-refractivity contribution in [3.05, 3.63) is 173 Å². The van der Waals surface area contributed by atoms with E-state index in [0.29, 0.717) is 0 Å². The van der Waals surface area contributed by atoms with Crippen molar-refractivity contribution in [2.45, 2.75) is 95.8 Å². The topological polar surface area (TPSA) is 0 Å². The van der Waals surface area contributed by atoms with Gasteiger partial charge >= 0.3 is 0 Å². The molecular formula is C54H54S. The summed E-state index contributed by atoms with van der Waals surface area (Å²) >= 11 is 4.08. The first kappa shape index (κ1) is 37.1. The highest BCUT2D eigenvalue weighted by molar-refractivity contribution is 7.80. The minimum Gasteiger partial charge on any atom is -0.143 e. The van der Waals surface area contributed by atoms with E-state index in [1.165, 1.54) is 88.0 Å². The highest BCUT2D eigenvalue weighted by atomic mass is 32.1. The molecule has 1 heteroatoms. The average Bonchev–Trinajstić information content (AvgIpc) is 3.55. The van der Waals surface area contributed by atoms with E-state index in [4.69, 9.17) is 0 Å². The number of fused-ring (bicyclic) bond motifs is 10. The Balaban J connectivity index is 0.000000278. The van der Waals surface area contributed by atoms with Crippen LogP contribution in [0.25, 0.3) is 54.6 Å². The Hall–Kier alpha value is -4.85. The first-order valence-corrected chi connectivity index (χ1v) is 20.3. The number of benzene rings is 8. The van der Waals surface area contributed by atoms with Crippen LogP contribution in [0, 0.1) is 0 Å². The molecule has 0 fully saturated rings. The van der Waals surface area contributed by atoms with Gasteiger partial charge in [0.05, 0.1) is 0 Å². The molecule has 8 aromatic rings. The summed E-state index contributed by atoms with van der Waals surface area (Å²) in [5, 5.41) is 8.67. The standard InChI is InChI=1S/C42H42.C6H6S.C6H6/c1-39(2,3)23-19-27-33-29(21-23)37-36(26-16-12-14-18-32(26)41(37,7)8)28-20-24(40(4,5)6)22-30(34(28)33)38-35(27)25-15-11-13-17-31(25)42(38,9)10;7-6-4-2-1-3-5-6;1-2-4-6-5-3-1/h11-22H,1-10H3;1-5,7H;1-6H. The second kappa shape index (κ2) is 13.1. The maximum absolute atomic E-state index is 4.08. The summed E-state index contributed by atoms with van der Waals surface area (Å²) in [6, 6.07) is 50.4.